The second-order valence-electron chi connectivity index (χ2n) is 5.81. The van der Waals surface area contributed by atoms with Crippen LogP contribution in [-0.2, 0) is 12.0 Å². The van der Waals surface area contributed by atoms with Gasteiger partial charge >= 0.3 is 0 Å². The van der Waals surface area contributed by atoms with Crippen molar-refractivity contribution in [3.63, 3.8) is 0 Å². The van der Waals surface area contributed by atoms with Gasteiger partial charge < -0.3 is 10.4 Å². The molecule has 0 radical (unpaired) electrons. The molecule has 19 heavy (non-hydrogen) atoms. The maximum Gasteiger partial charge on any atom is 0.102 e. The van der Waals surface area contributed by atoms with Crippen molar-refractivity contribution in [3.8, 4) is 0 Å². The molecule has 1 aliphatic heterocycles. The van der Waals surface area contributed by atoms with E-state index < -0.39 is 5.60 Å². The Hall–Kier alpha value is -0.510. The van der Waals surface area contributed by atoms with Crippen LogP contribution in [0.2, 0.25) is 0 Å². The fraction of sp³-hybridized carbons (Fsp3) is 0.625. The maximum absolute atomic E-state index is 11.0. The molecule has 2 aliphatic rings. The van der Waals surface area contributed by atoms with Gasteiger partial charge in [-0.05, 0) is 54.7 Å². The van der Waals surface area contributed by atoms with Crippen molar-refractivity contribution in [3.05, 3.63) is 35.4 Å². The molecule has 1 fully saturated rings. The van der Waals surface area contributed by atoms with Gasteiger partial charge in [0.1, 0.15) is 5.60 Å². The molecule has 0 saturated carbocycles. The molecule has 0 spiro atoms. The van der Waals surface area contributed by atoms with Gasteiger partial charge in [-0.25, -0.2) is 0 Å². The monoisotopic (exact) mass is 277 g/mol. The smallest absolute Gasteiger partial charge is 0.102 e. The molecule has 1 heterocycles. The van der Waals surface area contributed by atoms with Crippen molar-refractivity contribution in [1.29, 1.82) is 0 Å². The van der Waals surface area contributed by atoms with E-state index in [0.717, 1.165) is 24.8 Å². The van der Waals surface area contributed by atoms with Gasteiger partial charge in [-0.15, -0.1) is 0 Å². The highest BCUT2D eigenvalue weighted by atomic mass is 32.2. The molecule has 3 rings (SSSR count). The molecule has 0 amide bonds. The molecule has 2 nitrogen and oxygen atoms in total. The molecule has 1 aromatic rings. The van der Waals surface area contributed by atoms with E-state index >= 15 is 0 Å². The molecular weight excluding hydrogens is 254 g/mol. The zero-order valence-electron chi connectivity index (χ0n) is 11.4. The van der Waals surface area contributed by atoms with E-state index in [2.05, 4.69) is 23.5 Å². The first-order valence-corrected chi connectivity index (χ1v) is 8.55. The van der Waals surface area contributed by atoms with E-state index in [0.29, 0.717) is 12.6 Å². The Labute approximate surface area is 120 Å². The van der Waals surface area contributed by atoms with Gasteiger partial charge in [-0.1, -0.05) is 24.3 Å². The van der Waals surface area contributed by atoms with Crippen LogP contribution < -0.4 is 5.32 Å². The van der Waals surface area contributed by atoms with Crippen molar-refractivity contribution in [2.75, 3.05) is 18.1 Å². The van der Waals surface area contributed by atoms with Crippen molar-refractivity contribution in [2.45, 2.75) is 43.7 Å². The third-order valence-electron chi connectivity index (χ3n) is 4.46. The van der Waals surface area contributed by atoms with E-state index in [1.165, 1.54) is 29.9 Å². The number of rotatable bonds is 3. The minimum atomic E-state index is -0.653. The van der Waals surface area contributed by atoms with Crippen molar-refractivity contribution in [1.82, 2.24) is 5.32 Å². The summed E-state index contributed by atoms with van der Waals surface area (Å²) < 4.78 is 0. The SMILES string of the molecule is OC1(CNC2CCSCC2)CCCc2ccccc21. The third kappa shape index (κ3) is 2.99. The van der Waals surface area contributed by atoms with Crippen LogP contribution in [0.25, 0.3) is 0 Å². The highest BCUT2D eigenvalue weighted by Crippen LogP contribution is 2.35. The van der Waals surface area contributed by atoms with Crippen LogP contribution in [0.1, 0.15) is 36.8 Å². The van der Waals surface area contributed by atoms with Crippen molar-refractivity contribution < 1.29 is 5.11 Å². The second-order valence-corrected chi connectivity index (χ2v) is 7.03. The topological polar surface area (TPSA) is 32.3 Å². The van der Waals surface area contributed by atoms with Crippen LogP contribution in [0.5, 0.6) is 0 Å². The highest BCUT2D eigenvalue weighted by molar-refractivity contribution is 7.99. The Morgan fingerprint density at radius 1 is 1.26 bits per heavy atom. The predicted molar refractivity (Wildman–Crippen MR) is 81.6 cm³/mol. The summed E-state index contributed by atoms with van der Waals surface area (Å²) in [5.74, 6) is 2.51. The zero-order chi connectivity index (χ0) is 13.1. The number of benzene rings is 1. The lowest BCUT2D eigenvalue weighted by Crippen LogP contribution is -2.45. The molecule has 1 aromatic carbocycles. The molecule has 3 heteroatoms. The number of nitrogens with one attached hydrogen (secondary N) is 1. The minimum Gasteiger partial charge on any atom is -0.384 e. The Bertz CT molecular complexity index is 431. The lowest BCUT2D eigenvalue weighted by atomic mass is 9.79. The van der Waals surface area contributed by atoms with Gasteiger partial charge in [-0.2, -0.15) is 11.8 Å². The van der Waals surface area contributed by atoms with Crippen molar-refractivity contribution >= 4 is 11.8 Å². The van der Waals surface area contributed by atoms with Gasteiger partial charge in [0.15, 0.2) is 0 Å². The summed E-state index contributed by atoms with van der Waals surface area (Å²) in [6.45, 7) is 0.708. The Morgan fingerprint density at radius 3 is 2.89 bits per heavy atom. The summed E-state index contributed by atoms with van der Waals surface area (Å²) in [5, 5.41) is 14.6. The molecular formula is C16H23NOS. The number of hydrogen-bond acceptors (Lipinski definition) is 3. The summed E-state index contributed by atoms with van der Waals surface area (Å²) >= 11 is 2.05. The molecule has 1 atom stereocenters. The van der Waals surface area contributed by atoms with Gasteiger partial charge in [0.25, 0.3) is 0 Å². The largest absolute Gasteiger partial charge is 0.384 e. The minimum absolute atomic E-state index is 0.597. The van der Waals surface area contributed by atoms with Gasteiger partial charge in [-0.3, -0.25) is 0 Å². The Balaban J connectivity index is 1.69. The van der Waals surface area contributed by atoms with E-state index in [9.17, 15) is 5.11 Å². The van der Waals surface area contributed by atoms with Gasteiger partial charge in [0.05, 0.1) is 0 Å². The van der Waals surface area contributed by atoms with E-state index in [-0.39, 0.29) is 0 Å². The molecule has 0 aromatic heterocycles. The van der Waals surface area contributed by atoms with Gasteiger partial charge in [0, 0.05) is 12.6 Å². The first-order valence-electron chi connectivity index (χ1n) is 7.40. The number of aryl methyl sites for hydroxylation is 1. The molecule has 0 bridgehead atoms. The molecule has 1 unspecified atom stereocenters. The molecule has 104 valence electrons. The normalized spacial score (nSPS) is 28.1. The summed E-state index contributed by atoms with van der Waals surface area (Å²) in [6.07, 6.45) is 5.57. The summed E-state index contributed by atoms with van der Waals surface area (Å²) in [4.78, 5) is 0. The van der Waals surface area contributed by atoms with Crippen LogP contribution in [0, 0.1) is 0 Å². The first-order chi connectivity index (χ1) is 9.28. The van der Waals surface area contributed by atoms with E-state index in [4.69, 9.17) is 0 Å². The number of hydrogen-bond donors (Lipinski definition) is 2. The molecule has 1 saturated heterocycles. The van der Waals surface area contributed by atoms with E-state index in [1.807, 2.05) is 17.8 Å². The highest BCUT2D eigenvalue weighted by Gasteiger charge is 2.34. The van der Waals surface area contributed by atoms with E-state index in [1.54, 1.807) is 0 Å². The lowest BCUT2D eigenvalue weighted by Gasteiger charge is -2.36. The third-order valence-corrected chi connectivity index (χ3v) is 5.51. The van der Waals surface area contributed by atoms with Crippen LogP contribution >= 0.6 is 11.8 Å². The lowest BCUT2D eigenvalue weighted by molar-refractivity contribution is 0.0164. The van der Waals surface area contributed by atoms with Crippen LogP contribution in [0.4, 0.5) is 0 Å². The first kappa shape index (κ1) is 13.5. The molecule has 2 N–H and O–H groups in total. The zero-order valence-corrected chi connectivity index (χ0v) is 12.2. The fourth-order valence-corrected chi connectivity index (χ4v) is 4.40. The maximum atomic E-state index is 11.0. The Morgan fingerprint density at radius 2 is 2.05 bits per heavy atom. The quantitative estimate of drug-likeness (QED) is 0.891. The van der Waals surface area contributed by atoms with Crippen LogP contribution in [0.3, 0.4) is 0 Å². The Kier molecular flexibility index (Phi) is 4.15. The summed E-state index contributed by atoms with van der Waals surface area (Å²) in [5.41, 5.74) is 1.83. The molecule has 1 aliphatic carbocycles. The number of aliphatic hydroxyl groups is 1. The predicted octanol–water partition coefficient (Wildman–Crippen LogP) is 2.70. The second kappa shape index (κ2) is 5.86. The summed E-state index contributed by atoms with van der Waals surface area (Å²) in [7, 11) is 0. The number of thioether (sulfide) groups is 1. The standard InChI is InChI=1S/C16H23NOS/c18-16(12-17-14-7-10-19-11-8-14)9-3-5-13-4-1-2-6-15(13)16/h1-2,4,6,14,17-18H,3,5,7-12H2. The van der Waals surface area contributed by atoms with Crippen LogP contribution in [0.15, 0.2) is 24.3 Å². The average molecular weight is 277 g/mol. The van der Waals surface area contributed by atoms with Crippen LogP contribution in [-0.4, -0.2) is 29.2 Å². The number of fused-ring (bicyclic) bond motifs is 1. The van der Waals surface area contributed by atoms with Crippen molar-refractivity contribution in [2.24, 2.45) is 0 Å². The fourth-order valence-electron chi connectivity index (χ4n) is 3.30. The average Bonchev–Trinajstić information content (AvgIpc) is 2.47. The summed E-state index contributed by atoms with van der Waals surface area (Å²) in [6, 6.07) is 8.99. The van der Waals surface area contributed by atoms with Gasteiger partial charge in [0.2, 0.25) is 0 Å².